The second-order valence-corrected chi connectivity index (χ2v) is 8.73. The molecular weight excluding hydrogens is 470 g/mol. The highest BCUT2D eigenvalue weighted by atomic mass is 32.2. The van der Waals surface area contributed by atoms with Gasteiger partial charge in [0.2, 0.25) is 0 Å². The van der Waals surface area contributed by atoms with E-state index in [1.54, 1.807) is 19.1 Å². The van der Waals surface area contributed by atoms with Gasteiger partial charge in [-0.15, -0.1) is 0 Å². The Labute approximate surface area is 185 Å². The number of halogens is 6. The summed E-state index contributed by atoms with van der Waals surface area (Å²) in [6, 6.07) is 8.30. The monoisotopic (exact) mass is 483 g/mol. The van der Waals surface area contributed by atoms with Gasteiger partial charge in [-0.25, -0.2) is 31.1 Å². The van der Waals surface area contributed by atoms with Gasteiger partial charge in [0.1, 0.15) is 22.2 Å². The van der Waals surface area contributed by atoms with Crippen LogP contribution < -0.4 is 10.4 Å². The topological polar surface area (TPSA) is 39.4 Å². The van der Waals surface area contributed by atoms with E-state index in [0.29, 0.717) is 42.0 Å². The van der Waals surface area contributed by atoms with E-state index in [1.807, 2.05) is 0 Å². The van der Waals surface area contributed by atoms with Crippen molar-refractivity contribution in [2.75, 3.05) is 6.61 Å². The number of hydrogen-bond donors (Lipinski definition) is 0. The highest BCUT2D eigenvalue weighted by Crippen LogP contribution is 2.34. The fourth-order valence-electron chi connectivity index (χ4n) is 3.16. The molecule has 3 nitrogen and oxygen atoms in total. The molecule has 1 aromatic heterocycles. The SMILES string of the molecule is CCOc1ccc2cc([S+](c3cc(F)c(F)c(F)c3)c3cc(F)c(F)c(F)c3)c(=O)oc2c1. The molecule has 0 radical (unpaired) electrons. The molecule has 0 aliphatic rings. The average Bonchev–Trinajstić information content (AvgIpc) is 2.76. The second-order valence-electron chi connectivity index (χ2n) is 6.74. The Bertz CT molecular complexity index is 1330. The molecule has 0 fully saturated rings. The van der Waals surface area contributed by atoms with Crippen molar-refractivity contribution in [2.45, 2.75) is 21.6 Å². The molecule has 0 bridgehead atoms. The Balaban J connectivity index is 1.99. The Morgan fingerprint density at radius 2 is 1.30 bits per heavy atom. The molecule has 4 rings (SSSR count). The summed E-state index contributed by atoms with van der Waals surface area (Å²) in [5, 5.41) is 0.372. The molecule has 0 aliphatic carbocycles. The normalized spacial score (nSPS) is 11.4. The number of benzene rings is 3. The van der Waals surface area contributed by atoms with Gasteiger partial charge in [0.05, 0.1) is 6.61 Å². The molecule has 0 spiro atoms. The van der Waals surface area contributed by atoms with Crippen molar-refractivity contribution in [2.24, 2.45) is 0 Å². The summed E-state index contributed by atoms with van der Waals surface area (Å²) in [6.07, 6.45) is 0. The van der Waals surface area contributed by atoms with Crippen LogP contribution in [0.5, 0.6) is 5.75 Å². The first kappa shape index (κ1) is 22.8. The molecule has 1 heterocycles. The largest absolute Gasteiger partial charge is 0.494 e. The number of hydrogen-bond acceptors (Lipinski definition) is 3. The Kier molecular flexibility index (Phi) is 6.11. The minimum absolute atomic E-state index is 0.131. The highest BCUT2D eigenvalue weighted by molar-refractivity contribution is 7.97. The lowest BCUT2D eigenvalue weighted by Gasteiger charge is -2.10. The maximum absolute atomic E-state index is 14.0. The van der Waals surface area contributed by atoms with Gasteiger partial charge in [-0.2, -0.15) is 0 Å². The Hall–Kier alpha value is -3.40. The zero-order valence-electron chi connectivity index (χ0n) is 16.7. The third-order valence-corrected chi connectivity index (χ3v) is 6.73. The summed E-state index contributed by atoms with van der Waals surface area (Å²) >= 11 is 0. The summed E-state index contributed by atoms with van der Waals surface area (Å²) in [5.41, 5.74) is -0.846. The van der Waals surface area contributed by atoms with Crippen molar-refractivity contribution in [3.05, 3.63) is 93.9 Å². The lowest BCUT2D eigenvalue weighted by molar-refractivity contribution is 0.340. The van der Waals surface area contributed by atoms with Gasteiger partial charge in [-0.1, -0.05) is 0 Å². The van der Waals surface area contributed by atoms with Crippen LogP contribution in [0.25, 0.3) is 11.0 Å². The van der Waals surface area contributed by atoms with Crippen LogP contribution in [0.2, 0.25) is 0 Å². The van der Waals surface area contributed by atoms with Crippen molar-refractivity contribution in [1.82, 2.24) is 0 Å². The zero-order chi connectivity index (χ0) is 23.9. The molecule has 10 heteroatoms. The van der Waals surface area contributed by atoms with Crippen LogP contribution in [0, 0.1) is 34.9 Å². The van der Waals surface area contributed by atoms with Crippen molar-refractivity contribution in [1.29, 1.82) is 0 Å². The van der Waals surface area contributed by atoms with Gasteiger partial charge in [0.25, 0.3) is 4.90 Å². The summed E-state index contributed by atoms with van der Waals surface area (Å²) in [5.74, 6) is -9.38. The lowest BCUT2D eigenvalue weighted by Crippen LogP contribution is -2.17. The van der Waals surface area contributed by atoms with Crippen LogP contribution in [-0.2, 0) is 10.9 Å². The van der Waals surface area contributed by atoms with Gasteiger partial charge >= 0.3 is 5.63 Å². The third kappa shape index (κ3) is 4.30. The molecule has 0 saturated heterocycles. The van der Waals surface area contributed by atoms with Gasteiger partial charge in [0, 0.05) is 41.8 Å². The minimum atomic E-state index is -1.88. The van der Waals surface area contributed by atoms with E-state index in [9.17, 15) is 31.1 Å². The van der Waals surface area contributed by atoms with E-state index in [2.05, 4.69) is 0 Å². The standard InChI is InChI=1S/C23H13F6O3S/c1-2-31-12-4-3-11-5-20(23(30)32-19(11)6-12)33(13-7-15(24)21(28)16(25)8-13)14-9-17(26)22(29)18(27)10-14/h3-10H,2H2,1H3/q+1. The molecule has 33 heavy (non-hydrogen) atoms. The zero-order valence-corrected chi connectivity index (χ0v) is 17.5. The van der Waals surface area contributed by atoms with E-state index < -0.39 is 51.4 Å². The molecule has 0 saturated carbocycles. The quantitative estimate of drug-likeness (QED) is 0.149. The van der Waals surface area contributed by atoms with Crippen molar-refractivity contribution >= 4 is 21.9 Å². The van der Waals surface area contributed by atoms with Gasteiger partial charge in [-0.05, 0) is 19.1 Å². The maximum Gasteiger partial charge on any atom is 0.393 e. The van der Waals surface area contributed by atoms with Gasteiger partial charge < -0.3 is 9.15 Å². The number of rotatable bonds is 5. The van der Waals surface area contributed by atoms with Crippen LogP contribution in [0.4, 0.5) is 26.3 Å². The first-order chi connectivity index (χ1) is 15.7. The molecule has 0 aliphatic heterocycles. The van der Waals surface area contributed by atoms with Gasteiger partial charge in [-0.3, -0.25) is 0 Å². The average molecular weight is 483 g/mol. The van der Waals surface area contributed by atoms with Crippen molar-refractivity contribution in [3.8, 4) is 5.75 Å². The first-order valence-electron chi connectivity index (χ1n) is 9.43. The number of fused-ring (bicyclic) bond motifs is 1. The molecular formula is C23H13F6O3S+. The van der Waals surface area contributed by atoms with Crippen molar-refractivity contribution in [3.63, 3.8) is 0 Å². The van der Waals surface area contributed by atoms with Crippen LogP contribution in [-0.4, -0.2) is 6.61 Å². The van der Waals surface area contributed by atoms with Crippen LogP contribution in [0.15, 0.2) is 72.4 Å². The minimum Gasteiger partial charge on any atom is -0.494 e. The molecule has 170 valence electrons. The molecule has 0 amide bonds. The maximum atomic E-state index is 14.0. The van der Waals surface area contributed by atoms with E-state index in [0.717, 1.165) is 0 Å². The summed E-state index contributed by atoms with van der Waals surface area (Å²) in [4.78, 5) is 12.0. The predicted molar refractivity (Wildman–Crippen MR) is 108 cm³/mol. The molecule has 0 unspecified atom stereocenters. The molecule has 0 N–H and O–H groups in total. The molecule has 0 atom stereocenters. The Morgan fingerprint density at radius 1 is 0.788 bits per heavy atom. The van der Waals surface area contributed by atoms with Crippen LogP contribution in [0.1, 0.15) is 6.92 Å². The fraction of sp³-hybridized carbons (Fsp3) is 0.0870. The highest BCUT2D eigenvalue weighted by Gasteiger charge is 2.36. The lowest BCUT2D eigenvalue weighted by atomic mass is 10.2. The first-order valence-corrected chi connectivity index (χ1v) is 10.7. The van der Waals surface area contributed by atoms with E-state index >= 15 is 0 Å². The predicted octanol–water partition coefficient (Wildman–Crippen LogP) is 6.12. The van der Waals surface area contributed by atoms with Gasteiger partial charge in [0.15, 0.2) is 44.7 Å². The summed E-state index contributed by atoms with van der Waals surface area (Å²) in [6.45, 7) is 2.12. The smallest absolute Gasteiger partial charge is 0.393 e. The van der Waals surface area contributed by atoms with E-state index in [1.165, 1.54) is 12.1 Å². The summed E-state index contributed by atoms with van der Waals surface area (Å²) < 4.78 is 93.7. The van der Waals surface area contributed by atoms with Crippen LogP contribution >= 0.6 is 0 Å². The van der Waals surface area contributed by atoms with E-state index in [4.69, 9.17) is 9.15 Å². The molecule has 3 aromatic carbocycles. The fourth-order valence-corrected chi connectivity index (χ4v) is 5.28. The second kappa shape index (κ2) is 8.86. The Morgan fingerprint density at radius 3 is 1.79 bits per heavy atom. The third-order valence-electron chi connectivity index (χ3n) is 4.59. The summed E-state index contributed by atoms with van der Waals surface area (Å²) in [7, 11) is -1.88. The number of ether oxygens (including phenoxy) is 1. The van der Waals surface area contributed by atoms with E-state index in [-0.39, 0.29) is 20.3 Å². The van der Waals surface area contributed by atoms with Crippen molar-refractivity contribution < 1.29 is 35.5 Å². The van der Waals surface area contributed by atoms with Crippen LogP contribution in [0.3, 0.4) is 0 Å². The molecule has 4 aromatic rings.